The second-order valence-corrected chi connectivity index (χ2v) is 6.04. The summed E-state index contributed by atoms with van der Waals surface area (Å²) in [6, 6.07) is 18.5. The topological polar surface area (TPSA) is 18.5 Å². The zero-order valence-corrected chi connectivity index (χ0v) is 14.7. The summed E-state index contributed by atoms with van der Waals surface area (Å²) in [6.07, 6.45) is 6.13. The predicted octanol–water partition coefficient (Wildman–Crippen LogP) is 4.88. The van der Waals surface area contributed by atoms with Gasteiger partial charge in [-0.05, 0) is 59.2 Å². The second kappa shape index (κ2) is 10.4. The molecule has 0 amide bonds. The third kappa shape index (κ3) is 6.62. The molecule has 0 atom stereocenters. The van der Waals surface area contributed by atoms with Crippen molar-refractivity contribution in [1.29, 1.82) is 0 Å². The Balaban J connectivity index is 1.51. The summed E-state index contributed by atoms with van der Waals surface area (Å²) in [5.74, 6) is 0.927. The molecule has 2 nitrogen and oxygen atoms in total. The Hall–Kier alpha value is -1.33. The minimum atomic E-state index is 0.577. The van der Waals surface area contributed by atoms with Gasteiger partial charge in [-0.3, -0.25) is 0 Å². The summed E-state index contributed by atoms with van der Waals surface area (Å²) >= 11 is 2.27. The standard InChI is InChI=1S/C19H21IO2/c20-18-12-4-5-13-19(18)22-16-7-6-14-21-15-8-11-17-9-2-1-3-10-17/h1-7,9-10,12-13H,8,11,14-16H2/b7-6-. The Morgan fingerprint density at radius 3 is 2.41 bits per heavy atom. The van der Waals surface area contributed by atoms with E-state index < -0.39 is 0 Å². The molecular weight excluding hydrogens is 387 g/mol. The van der Waals surface area contributed by atoms with Gasteiger partial charge >= 0.3 is 0 Å². The minimum absolute atomic E-state index is 0.577. The molecule has 0 unspecified atom stereocenters. The molecule has 0 heterocycles. The highest BCUT2D eigenvalue weighted by atomic mass is 127. The lowest BCUT2D eigenvalue weighted by molar-refractivity contribution is 0.159. The van der Waals surface area contributed by atoms with Crippen molar-refractivity contribution in [3.8, 4) is 5.75 Å². The molecule has 0 aliphatic carbocycles. The van der Waals surface area contributed by atoms with Crippen molar-refractivity contribution in [3.05, 3.63) is 75.9 Å². The van der Waals surface area contributed by atoms with Gasteiger partial charge in [-0.25, -0.2) is 0 Å². The number of hydrogen-bond donors (Lipinski definition) is 0. The number of para-hydroxylation sites is 1. The molecular formula is C19H21IO2. The van der Waals surface area contributed by atoms with Crippen LogP contribution in [0.5, 0.6) is 5.75 Å². The van der Waals surface area contributed by atoms with Crippen molar-refractivity contribution < 1.29 is 9.47 Å². The summed E-state index contributed by atoms with van der Waals surface area (Å²) < 4.78 is 12.4. The van der Waals surface area contributed by atoms with Crippen molar-refractivity contribution in [1.82, 2.24) is 0 Å². The number of ether oxygens (including phenoxy) is 2. The fourth-order valence-corrected chi connectivity index (χ4v) is 2.55. The fourth-order valence-electron chi connectivity index (χ4n) is 2.01. The maximum atomic E-state index is 5.67. The lowest BCUT2D eigenvalue weighted by Crippen LogP contribution is -1.98. The molecule has 0 fully saturated rings. The minimum Gasteiger partial charge on any atom is -0.488 e. The first-order valence-electron chi connectivity index (χ1n) is 7.50. The van der Waals surface area contributed by atoms with Gasteiger partial charge in [-0.2, -0.15) is 0 Å². The van der Waals surface area contributed by atoms with Gasteiger partial charge in [0.25, 0.3) is 0 Å². The smallest absolute Gasteiger partial charge is 0.133 e. The molecule has 0 saturated carbocycles. The van der Waals surface area contributed by atoms with Crippen LogP contribution in [0.1, 0.15) is 12.0 Å². The number of benzene rings is 2. The molecule has 0 aromatic heterocycles. The quantitative estimate of drug-likeness (QED) is 0.335. The molecule has 2 aromatic rings. The van der Waals surface area contributed by atoms with Crippen LogP contribution in [0.4, 0.5) is 0 Å². The maximum Gasteiger partial charge on any atom is 0.133 e. The fraction of sp³-hybridized carbons (Fsp3) is 0.263. The van der Waals surface area contributed by atoms with Crippen LogP contribution in [0.25, 0.3) is 0 Å². The van der Waals surface area contributed by atoms with E-state index in [1.165, 1.54) is 5.56 Å². The molecule has 0 spiro atoms. The number of hydrogen-bond acceptors (Lipinski definition) is 2. The second-order valence-electron chi connectivity index (χ2n) is 4.88. The lowest BCUT2D eigenvalue weighted by atomic mass is 10.1. The Morgan fingerprint density at radius 1 is 0.864 bits per heavy atom. The van der Waals surface area contributed by atoms with E-state index in [1.54, 1.807) is 0 Å². The average Bonchev–Trinajstić information content (AvgIpc) is 2.56. The maximum absolute atomic E-state index is 5.67. The molecule has 22 heavy (non-hydrogen) atoms. The van der Waals surface area contributed by atoms with Gasteiger partial charge < -0.3 is 9.47 Å². The van der Waals surface area contributed by atoms with Crippen LogP contribution in [-0.4, -0.2) is 19.8 Å². The van der Waals surface area contributed by atoms with Crippen LogP contribution in [0.15, 0.2) is 66.7 Å². The molecule has 2 rings (SSSR count). The lowest BCUT2D eigenvalue weighted by Gasteiger charge is -2.05. The van der Waals surface area contributed by atoms with E-state index in [2.05, 4.69) is 46.9 Å². The van der Waals surface area contributed by atoms with Crippen LogP contribution in [0.2, 0.25) is 0 Å². The van der Waals surface area contributed by atoms with E-state index in [0.29, 0.717) is 13.2 Å². The summed E-state index contributed by atoms with van der Waals surface area (Å²) in [7, 11) is 0. The van der Waals surface area contributed by atoms with E-state index in [1.807, 2.05) is 42.5 Å². The molecule has 2 aromatic carbocycles. The third-order valence-electron chi connectivity index (χ3n) is 3.15. The van der Waals surface area contributed by atoms with Gasteiger partial charge in [0.15, 0.2) is 0 Å². The number of rotatable bonds is 9. The van der Waals surface area contributed by atoms with E-state index in [4.69, 9.17) is 9.47 Å². The highest BCUT2D eigenvalue weighted by Gasteiger charge is 1.96. The van der Waals surface area contributed by atoms with E-state index in [0.717, 1.165) is 28.8 Å². The molecule has 0 N–H and O–H groups in total. The van der Waals surface area contributed by atoms with E-state index in [9.17, 15) is 0 Å². The summed E-state index contributed by atoms with van der Waals surface area (Å²) in [6.45, 7) is 2.01. The molecule has 0 saturated heterocycles. The molecule has 0 radical (unpaired) electrons. The molecule has 116 valence electrons. The highest BCUT2D eigenvalue weighted by molar-refractivity contribution is 14.1. The summed E-state index contributed by atoms with van der Waals surface area (Å²) in [5.41, 5.74) is 1.37. The molecule has 0 aliphatic heterocycles. The Kier molecular flexibility index (Phi) is 8.05. The summed E-state index contributed by atoms with van der Waals surface area (Å²) in [4.78, 5) is 0. The largest absolute Gasteiger partial charge is 0.488 e. The van der Waals surface area contributed by atoms with Crippen LogP contribution in [-0.2, 0) is 11.2 Å². The normalized spacial score (nSPS) is 11.0. The van der Waals surface area contributed by atoms with Crippen LogP contribution in [0.3, 0.4) is 0 Å². The van der Waals surface area contributed by atoms with Crippen LogP contribution in [0, 0.1) is 3.57 Å². The van der Waals surface area contributed by atoms with Crippen molar-refractivity contribution in [2.24, 2.45) is 0 Å². The molecule has 0 bridgehead atoms. The Morgan fingerprint density at radius 2 is 1.59 bits per heavy atom. The first-order valence-corrected chi connectivity index (χ1v) is 8.58. The first-order chi connectivity index (χ1) is 10.9. The monoisotopic (exact) mass is 408 g/mol. The molecule has 0 aliphatic rings. The highest BCUT2D eigenvalue weighted by Crippen LogP contribution is 2.19. The van der Waals surface area contributed by atoms with E-state index in [-0.39, 0.29) is 0 Å². The van der Waals surface area contributed by atoms with Gasteiger partial charge in [0.2, 0.25) is 0 Å². The van der Waals surface area contributed by atoms with Crippen molar-refractivity contribution in [2.75, 3.05) is 19.8 Å². The van der Waals surface area contributed by atoms with Gasteiger partial charge in [0.05, 0.1) is 10.2 Å². The van der Waals surface area contributed by atoms with Crippen LogP contribution < -0.4 is 4.74 Å². The zero-order valence-electron chi connectivity index (χ0n) is 12.6. The van der Waals surface area contributed by atoms with Gasteiger partial charge in [0.1, 0.15) is 12.4 Å². The van der Waals surface area contributed by atoms with Gasteiger partial charge in [-0.1, -0.05) is 48.5 Å². The first kappa shape index (κ1) is 17.0. The Labute approximate surface area is 146 Å². The predicted molar refractivity (Wildman–Crippen MR) is 99.4 cm³/mol. The number of halogens is 1. The van der Waals surface area contributed by atoms with Gasteiger partial charge in [-0.15, -0.1) is 0 Å². The SMILES string of the molecule is Ic1ccccc1OC/C=C\COCCCc1ccccc1. The average molecular weight is 408 g/mol. The Bertz CT molecular complexity index is 567. The van der Waals surface area contributed by atoms with Gasteiger partial charge in [0, 0.05) is 6.61 Å². The van der Waals surface area contributed by atoms with Crippen molar-refractivity contribution in [2.45, 2.75) is 12.8 Å². The summed E-state index contributed by atoms with van der Waals surface area (Å²) in [5, 5.41) is 0. The number of aryl methyl sites for hydroxylation is 1. The van der Waals surface area contributed by atoms with E-state index >= 15 is 0 Å². The molecule has 3 heteroatoms. The zero-order chi connectivity index (χ0) is 15.5. The van der Waals surface area contributed by atoms with Crippen molar-refractivity contribution in [3.63, 3.8) is 0 Å². The van der Waals surface area contributed by atoms with Crippen LogP contribution >= 0.6 is 22.6 Å². The van der Waals surface area contributed by atoms with Crippen molar-refractivity contribution >= 4 is 22.6 Å². The third-order valence-corrected chi connectivity index (χ3v) is 4.04.